The summed E-state index contributed by atoms with van der Waals surface area (Å²) in [6.45, 7) is 0. The van der Waals surface area contributed by atoms with Crippen LogP contribution >= 0.6 is 27.5 Å². The van der Waals surface area contributed by atoms with E-state index in [-0.39, 0.29) is 11.7 Å². The van der Waals surface area contributed by atoms with Gasteiger partial charge in [-0.25, -0.2) is 10.2 Å². The van der Waals surface area contributed by atoms with Gasteiger partial charge in [0.25, 0.3) is 5.91 Å². The third-order valence-corrected chi connectivity index (χ3v) is 4.68. The molecular weight excluding hydrogens is 472 g/mol. The van der Waals surface area contributed by atoms with Crippen molar-refractivity contribution in [1.29, 1.82) is 0 Å². The molecular formula is C22H16BrClN2O4. The second-order valence-corrected chi connectivity index (χ2v) is 7.37. The van der Waals surface area contributed by atoms with Crippen LogP contribution in [0.2, 0.25) is 5.02 Å². The number of nitrogens with one attached hydrogen (secondary N) is 1. The summed E-state index contributed by atoms with van der Waals surface area (Å²) in [6, 6.07) is 18.3. The van der Waals surface area contributed by atoms with Gasteiger partial charge in [0.15, 0.2) is 11.5 Å². The van der Waals surface area contributed by atoms with Gasteiger partial charge in [0, 0.05) is 15.1 Å². The number of methoxy groups -OCH3 is 1. The quantitative estimate of drug-likeness (QED) is 0.227. The first-order valence-corrected chi connectivity index (χ1v) is 9.88. The highest BCUT2D eigenvalue weighted by molar-refractivity contribution is 9.10. The lowest BCUT2D eigenvalue weighted by Crippen LogP contribution is -2.17. The molecule has 6 nitrogen and oxygen atoms in total. The number of amides is 1. The minimum absolute atomic E-state index is 0.268. The molecule has 0 saturated heterocycles. The van der Waals surface area contributed by atoms with E-state index in [0.29, 0.717) is 27.5 Å². The largest absolute Gasteiger partial charge is 0.493 e. The van der Waals surface area contributed by atoms with E-state index in [1.807, 2.05) is 6.07 Å². The number of hydrogen-bond donors (Lipinski definition) is 1. The summed E-state index contributed by atoms with van der Waals surface area (Å²) in [6.07, 6.45) is 1.45. The lowest BCUT2D eigenvalue weighted by molar-refractivity contribution is 0.0729. The van der Waals surface area contributed by atoms with Gasteiger partial charge in [0.05, 0.1) is 18.9 Å². The van der Waals surface area contributed by atoms with Crippen molar-refractivity contribution in [2.45, 2.75) is 0 Å². The molecule has 0 bridgehead atoms. The Kier molecular flexibility index (Phi) is 7.21. The number of nitrogens with zero attached hydrogens (tertiary/aromatic N) is 1. The second-order valence-electron chi connectivity index (χ2n) is 6.02. The first kappa shape index (κ1) is 21.5. The van der Waals surface area contributed by atoms with E-state index in [1.165, 1.54) is 13.3 Å². The number of hydrazone groups is 1. The topological polar surface area (TPSA) is 77.0 Å². The molecule has 0 atom stereocenters. The fourth-order valence-electron chi connectivity index (χ4n) is 2.45. The molecule has 0 heterocycles. The smallest absolute Gasteiger partial charge is 0.343 e. The Morgan fingerprint density at radius 3 is 2.47 bits per heavy atom. The van der Waals surface area contributed by atoms with E-state index < -0.39 is 5.97 Å². The van der Waals surface area contributed by atoms with Crippen molar-refractivity contribution in [3.05, 3.63) is 92.9 Å². The summed E-state index contributed by atoms with van der Waals surface area (Å²) < 4.78 is 11.5. The molecule has 30 heavy (non-hydrogen) atoms. The highest BCUT2D eigenvalue weighted by Crippen LogP contribution is 2.28. The molecule has 0 saturated carbocycles. The van der Waals surface area contributed by atoms with E-state index in [1.54, 1.807) is 60.7 Å². The van der Waals surface area contributed by atoms with Crippen LogP contribution < -0.4 is 14.9 Å². The SMILES string of the molecule is COc1cc(/C=N\NC(=O)c2ccc(Cl)cc2)ccc1OC(=O)c1cccc(Br)c1. The van der Waals surface area contributed by atoms with Gasteiger partial charge in [-0.05, 0) is 66.2 Å². The minimum Gasteiger partial charge on any atom is -0.493 e. The Hall–Kier alpha value is -3.16. The van der Waals surface area contributed by atoms with E-state index in [0.717, 1.165) is 4.47 Å². The van der Waals surface area contributed by atoms with Crippen molar-refractivity contribution in [3.63, 3.8) is 0 Å². The van der Waals surface area contributed by atoms with Crippen LogP contribution in [-0.4, -0.2) is 25.2 Å². The summed E-state index contributed by atoms with van der Waals surface area (Å²) in [7, 11) is 1.47. The zero-order chi connectivity index (χ0) is 21.5. The van der Waals surface area contributed by atoms with E-state index in [9.17, 15) is 9.59 Å². The molecule has 0 aliphatic carbocycles. The van der Waals surface area contributed by atoms with Crippen molar-refractivity contribution in [1.82, 2.24) is 5.43 Å². The fraction of sp³-hybridized carbons (Fsp3) is 0.0455. The number of benzene rings is 3. The lowest BCUT2D eigenvalue weighted by Gasteiger charge is -2.10. The fourth-order valence-corrected chi connectivity index (χ4v) is 2.98. The minimum atomic E-state index is -0.508. The summed E-state index contributed by atoms with van der Waals surface area (Å²) in [5.41, 5.74) is 3.92. The molecule has 3 rings (SSSR count). The molecule has 152 valence electrons. The maximum absolute atomic E-state index is 12.3. The van der Waals surface area contributed by atoms with Crippen LogP contribution in [0.15, 0.2) is 76.3 Å². The average Bonchev–Trinajstić information content (AvgIpc) is 2.75. The van der Waals surface area contributed by atoms with Crippen LogP contribution in [0.3, 0.4) is 0 Å². The Balaban J connectivity index is 1.67. The number of rotatable bonds is 6. The molecule has 0 aliphatic heterocycles. The van der Waals surface area contributed by atoms with Gasteiger partial charge in [-0.15, -0.1) is 0 Å². The van der Waals surface area contributed by atoms with Crippen molar-refractivity contribution >= 4 is 45.6 Å². The molecule has 3 aromatic carbocycles. The highest BCUT2D eigenvalue weighted by atomic mass is 79.9. The van der Waals surface area contributed by atoms with Crippen LogP contribution in [0.4, 0.5) is 0 Å². The van der Waals surface area contributed by atoms with Crippen molar-refractivity contribution < 1.29 is 19.1 Å². The normalized spacial score (nSPS) is 10.6. The van der Waals surface area contributed by atoms with Gasteiger partial charge in [-0.2, -0.15) is 5.10 Å². The Bertz CT molecular complexity index is 1100. The van der Waals surface area contributed by atoms with Gasteiger partial charge >= 0.3 is 5.97 Å². The summed E-state index contributed by atoms with van der Waals surface area (Å²) in [5.74, 6) is -0.253. The van der Waals surface area contributed by atoms with Gasteiger partial charge in [0.1, 0.15) is 0 Å². The maximum Gasteiger partial charge on any atom is 0.343 e. The van der Waals surface area contributed by atoms with E-state index >= 15 is 0 Å². The standard InChI is InChI=1S/C22H16BrClN2O4/c1-29-20-11-14(13-25-26-21(27)15-6-8-18(24)9-7-15)5-10-19(20)30-22(28)16-3-2-4-17(23)12-16/h2-13H,1H3,(H,26,27)/b25-13-. The van der Waals surface area contributed by atoms with Gasteiger partial charge in [0.2, 0.25) is 0 Å². The summed E-state index contributed by atoms with van der Waals surface area (Å²) in [4.78, 5) is 24.4. The molecule has 1 N–H and O–H groups in total. The van der Waals surface area contributed by atoms with Gasteiger partial charge in [-0.1, -0.05) is 33.6 Å². The number of carbonyl (C=O) groups excluding carboxylic acids is 2. The second kappa shape index (κ2) is 10.0. The monoisotopic (exact) mass is 486 g/mol. The van der Waals surface area contributed by atoms with Crippen LogP contribution in [0.1, 0.15) is 26.3 Å². The number of esters is 1. The van der Waals surface area contributed by atoms with Crippen molar-refractivity contribution in [2.75, 3.05) is 7.11 Å². The molecule has 0 spiro atoms. The predicted octanol–water partition coefficient (Wildman–Crippen LogP) is 5.09. The van der Waals surface area contributed by atoms with Crippen molar-refractivity contribution in [2.24, 2.45) is 5.10 Å². The zero-order valence-electron chi connectivity index (χ0n) is 15.8. The summed E-state index contributed by atoms with van der Waals surface area (Å²) >= 11 is 9.13. The number of halogens is 2. The van der Waals surface area contributed by atoms with Gasteiger partial charge < -0.3 is 9.47 Å². The predicted molar refractivity (Wildman–Crippen MR) is 119 cm³/mol. The van der Waals surface area contributed by atoms with Crippen LogP contribution in [0.25, 0.3) is 0 Å². The number of ether oxygens (including phenoxy) is 2. The number of hydrogen-bond acceptors (Lipinski definition) is 5. The molecule has 0 aromatic heterocycles. The maximum atomic E-state index is 12.3. The third kappa shape index (κ3) is 5.68. The Morgan fingerprint density at radius 1 is 1.00 bits per heavy atom. The molecule has 0 fully saturated rings. The van der Waals surface area contributed by atoms with E-state index in [4.69, 9.17) is 21.1 Å². The molecule has 1 amide bonds. The number of carbonyl (C=O) groups is 2. The zero-order valence-corrected chi connectivity index (χ0v) is 18.1. The van der Waals surface area contributed by atoms with E-state index in [2.05, 4.69) is 26.5 Å². The first-order valence-electron chi connectivity index (χ1n) is 8.71. The van der Waals surface area contributed by atoms with Crippen molar-refractivity contribution in [3.8, 4) is 11.5 Å². The van der Waals surface area contributed by atoms with Crippen LogP contribution in [-0.2, 0) is 0 Å². The molecule has 8 heteroatoms. The molecule has 3 aromatic rings. The summed E-state index contributed by atoms with van der Waals surface area (Å²) in [5, 5.41) is 4.48. The van der Waals surface area contributed by atoms with Crippen LogP contribution in [0.5, 0.6) is 11.5 Å². The molecule has 0 radical (unpaired) electrons. The molecule has 0 aliphatic rings. The van der Waals surface area contributed by atoms with Crippen LogP contribution in [0, 0.1) is 0 Å². The molecule has 0 unspecified atom stereocenters. The average molecular weight is 488 g/mol. The Morgan fingerprint density at radius 2 is 1.77 bits per heavy atom. The Labute approximate surface area is 186 Å². The first-order chi connectivity index (χ1) is 14.5. The lowest BCUT2D eigenvalue weighted by atomic mass is 10.2. The highest BCUT2D eigenvalue weighted by Gasteiger charge is 2.13. The third-order valence-electron chi connectivity index (χ3n) is 3.94. The van der Waals surface area contributed by atoms with Gasteiger partial charge in [-0.3, -0.25) is 4.79 Å².